The van der Waals surface area contributed by atoms with E-state index in [2.05, 4.69) is 5.32 Å². The van der Waals surface area contributed by atoms with Crippen molar-refractivity contribution in [2.75, 3.05) is 11.9 Å². The van der Waals surface area contributed by atoms with Crippen molar-refractivity contribution in [2.24, 2.45) is 0 Å². The van der Waals surface area contributed by atoms with Gasteiger partial charge in [0.2, 0.25) is 5.91 Å². The number of carbonyl (C=O) groups is 1. The van der Waals surface area contributed by atoms with E-state index in [4.69, 9.17) is 4.74 Å². The molecule has 0 bridgehead atoms. The second-order valence-electron chi connectivity index (χ2n) is 7.38. The maximum Gasteiger partial charge on any atom is 0.332 e. The molecule has 4 rings (SSSR count). The first-order valence-corrected chi connectivity index (χ1v) is 10.5. The van der Waals surface area contributed by atoms with Crippen LogP contribution in [0.15, 0.2) is 82.4 Å². The van der Waals surface area contributed by atoms with Gasteiger partial charge in [-0.1, -0.05) is 36.4 Å². The third kappa shape index (κ3) is 4.69. The molecule has 0 aliphatic carbocycles. The largest absolute Gasteiger partial charge is 0.492 e. The van der Waals surface area contributed by atoms with Crippen molar-refractivity contribution in [2.45, 2.75) is 20.0 Å². The van der Waals surface area contributed by atoms with Gasteiger partial charge in [0.25, 0.3) is 5.56 Å². The molecule has 1 heterocycles. The number of fused-ring (bicyclic) bond motifs is 1. The number of anilines is 1. The van der Waals surface area contributed by atoms with Crippen molar-refractivity contribution >= 4 is 22.5 Å². The number of nitrogens with one attached hydrogen (secondary N) is 1. The molecule has 3 aromatic carbocycles. The molecule has 0 aliphatic rings. The fraction of sp³-hybridized carbons (Fsp3) is 0.160. The molecule has 1 amide bonds. The van der Waals surface area contributed by atoms with E-state index in [-0.39, 0.29) is 13.1 Å². The minimum atomic E-state index is -0.628. The lowest BCUT2D eigenvalue weighted by Gasteiger charge is -2.15. The van der Waals surface area contributed by atoms with E-state index in [0.29, 0.717) is 34.5 Å². The summed E-state index contributed by atoms with van der Waals surface area (Å²) in [6.07, 6.45) is 0. The summed E-state index contributed by atoms with van der Waals surface area (Å²) < 4.78 is 21.1. The van der Waals surface area contributed by atoms with E-state index in [1.165, 1.54) is 28.8 Å². The summed E-state index contributed by atoms with van der Waals surface area (Å²) in [5.74, 6) is -0.334. The van der Waals surface area contributed by atoms with Crippen LogP contribution in [0.4, 0.5) is 10.1 Å². The van der Waals surface area contributed by atoms with E-state index in [1.807, 2.05) is 6.92 Å². The molecule has 0 saturated carbocycles. The van der Waals surface area contributed by atoms with Crippen LogP contribution in [0.25, 0.3) is 10.9 Å². The van der Waals surface area contributed by atoms with Crippen LogP contribution in [-0.4, -0.2) is 21.6 Å². The number of amides is 1. The minimum absolute atomic E-state index is 0.0441. The smallest absolute Gasteiger partial charge is 0.332 e. The Kier molecular flexibility index (Phi) is 6.35. The molecule has 0 spiro atoms. The second kappa shape index (κ2) is 9.52. The maximum absolute atomic E-state index is 13.3. The van der Waals surface area contributed by atoms with Gasteiger partial charge in [0, 0.05) is 0 Å². The van der Waals surface area contributed by atoms with Gasteiger partial charge in [-0.2, -0.15) is 0 Å². The number of para-hydroxylation sites is 3. The zero-order valence-corrected chi connectivity index (χ0v) is 18.0. The Labute approximate surface area is 188 Å². The first-order valence-electron chi connectivity index (χ1n) is 10.5. The van der Waals surface area contributed by atoms with Gasteiger partial charge in [0.15, 0.2) is 0 Å². The van der Waals surface area contributed by atoms with Gasteiger partial charge in [0.05, 0.1) is 29.7 Å². The third-order valence-corrected chi connectivity index (χ3v) is 5.15. The van der Waals surface area contributed by atoms with Crippen LogP contribution in [-0.2, 0) is 17.9 Å². The molecule has 168 valence electrons. The first-order chi connectivity index (χ1) is 16.0. The molecule has 7 nitrogen and oxygen atoms in total. The number of benzene rings is 3. The van der Waals surface area contributed by atoms with Crippen LogP contribution >= 0.6 is 0 Å². The highest BCUT2D eigenvalue weighted by atomic mass is 19.1. The average Bonchev–Trinajstić information content (AvgIpc) is 2.82. The van der Waals surface area contributed by atoms with Gasteiger partial charge >= 0.3 is 5.69 Å². The molecule has 33 heavy (non-hydrogen) atoms. The van der Waals surface area contributed by atoms with E-state index in [9.17, 15) is 18.8 Å². The molecule has 0 radical (unpaired) electrons. The Morgan fingerprint density at radius 2 is 1.64 bits per heavy atom. The molecular formula is C25H22FN3O4. The molecule has 8 heteroatoms. The number of hydrogen-bond donors (Lipinski definition) is 1. The number of halogens is 1. The van der Waals surface area contributed by atoms with Gasteiger partial charge in [0.1, 0.15) is 18.1 Å². The van der Waals surface area contributed by atoms with E-state index >= 15 is 0 Å². The number of nitrogens with zero attached hydrogens (tertiary/aromatic N) is 2. The molecule has 0 unspecified atom stereocenters. The number of carbonyl (C=O) groups excluding carboxylic acids is 1. The van der Waals surface area contributed by atoms with Crippen molar-refractivity contribution in [3.63, 3.8) is 0 Å². The Bertz CT molecular complexity index is 1420. The Balaban J connectivity index is 1.72. The van der Waals surface area contributed by atoms with Gasteiger partial charge < -0.3 is 10.1 Å². The van der Waals surface area contributed by atoms with Crippen LogP contribution in [0.5, 0.6) is 5.75 Å². The van der Waals surface area contributed by atoms with E-state index in [1.54, 1.807) is 48.5 Å². The van der Waals surface area contributed by atoms with Crippen molar-refractivity contribution < 1.29 is 13.9 Å². The highest BCUT2D eigenvalue weighted by Gasteiger charge is 2.16. The van der Waals surface area contributed by atoms with Crippen molar-refractivity contribution in [3.8, 4) is 5.75 Å². The molecule has 1 N–H and O–H groups in total. The number of hydrogen-bond acceptors (Lipinski definition) is 4. The summed E-state index contributed by atoms with van der Waals surface area (Å²) in [5, 5.41) is 3.08. The summed E-state index contributed by atoms with van der Waals surface area (Å²) >= 11 is 0. The van der Waals surface area contributed by atoms with E-state index < -0.39 is 23.0 Å². The summed E-state index contributed by atoms with van der Waals surface area (Å²) in [5.41, 5.74) is 0.333. The second-order valence-corrected chi connectivity index (χ2v) is 7.38. The zero-order chi connectivity index (χ0) is 23.4. The van der Waals surface area contributed by atoms with Crippen LogP contribution in [0, 0.1) is 5.82 Å². The lowest BCUT2D eigenvalue weighted by atomic mass is 10.2. The SMILES string of the molecule is CCOc1ccccc1NC(=O)Cn1c(=O)n(Cc2ccc(F)cc2)c(=O)c2ccccc21. The summed E-state index contributed by atoms with van der Waals surface area (Å²) in [4.78, 5) is 39.2. The van der Waals surface area contributed by atoms with E-state index in [0.717, 1.165) is 4.57 Å². The highest BCUT2D eigenvalue weighted by molar-refractivity contribution is 5.93. The van der Waals surface area contributed by atoms with Crippen LogP contribution < -0.4 is 21.3 Å². The molecule has 0 saturated heterocycles. The average molecular weight is 447 g/mol. The quantitative estimate of drug-likeness (QED) is 0.471. The molecular weight excluding hydrogens is 425 g/mol. The van der Waals surface area contributed by atoms with Crippen LogP contribution in [0.3, 0.4) is 0 Å². The Morgan fingerprint density at radius 1 is 0.939 bits per heavy atom. The number of ether oxygens (including phenoxy) is 1. The van der Waals surface area contributed by atoms with Gasteiger partial charge in [-0.25, -0.2) is 9.18 Å². The fourth-order valence-corrected chi connectivity index (χ4v) is 3.62. The monoisotopic (exact) mass is 447 g/mol. The topological polar surface area (TPSA) is 82.3 Å². The van der Waals surface area contributed by atoms with Crippen molar-refractivity contribution in [1.29, 1.82) is 0 Å². The molecule has 0 aliphatic heterocycles. The normalized spacial score (nSPS) is 10.8. The van der Waals surface area contributed by atoms with Gasteiger partial charge in [-0.3, -0.25) is 18.7 Å². The zero-order valence-electron chi connectivity index (χ0n) is 18.0. The molecule has 4 aromatic rings. The predicted octanol–water partition coefficient (Wildman–Crippen LogP) is 3.39. The van der Waals surface area contributed by atoms with Crippen LogP contribution in [0.2, 0.25) is 0 Å². The third-order valence-electron chi connectivity index (χ3n) is 5.15. The standard InChI is InChI=1S/C25H22FN3O4/c1-2-33-22-10-6-4-8-20(22)27-23(30)16-28-21-9-5-3-7-19(21)24(31)29(25(28)32)15-17-11-13-18(26)14-12-17/h3-14H,2,15-16H2,1H3,(H,27,30). The highest BCUT2D eigenvalue weighted by Crippen LogP contribution is 2.23. The molecule has 0 atom stereocenters. The van der Waals surface area contributed by atoms with Crippen molar-refractivity contribution in [1.82, 2.24) is 9.13 Å². The number of aromatic nitrogens is 2. The lowest BCUT2D eigenvalue weighted by Crippen LogP contribution is -2.42. The summed E-state index contributed by atoms with van der Waals surface area (Å²) in [6, 6.07) is 19.2. The molecule has 0 fully saturated rings. The van der Waals surface area contributed by atoms with Gasteiger partial charge in [-0.05, 0) is 48.9 Å². The fourth-order valence-electron chi connectivity index (χ4n) is 3.62. The first kappa shape index (κ1) is 22.0. The molecule has 1 aromatic heterocycles. The minimum Gasteiger partial charge on any atom is -0.492 e. The summed E-state index contributed by atoms with van der Waals surface area (Å²) in [6.45, 7) is 1.93. The predicted molar refractivity (Wildman–Crippen MR) is 124 cm³/mol. The summed E-state index contributed by atoms with van der Waals surface area (Å²) in [7, 11) is 0. The Hall–Kier alpha value is -4.20. The van der Waals surface area contributed by atoms with Crippen molar-refractivity contribution in [3.05, 3.63) is 105 Å². The number of rotatable bonds is 7. The van der Waals surface area contributed by atoms with Gasteiger partial charge in [-0.15, -0.1) is 0 Å². The van der Waals surface area contributed by atoms with Crippen LogP contribution in [0.1, 0.15) is 12.5 Å². The Morgan fingerprint density at radius 3 is 2.39 bits per heavy atom. The lowest BCUT2D eigenvalue weighted by molar-refractivity contribution is -0.116. The maximum atomic E-state index is 13.3.